The summed E-state index contributed by atoms with van der Waals surface area (Å²) in [7, 11) is 3.58. The Morgan fingerprint density at radius 3 is 2.42 bits per heavy atom. The highest BCUT2D eigenvalue weighted by Crippen LogP contribution is 2.25. The van der Waals surface area contributed by atoms with Gasteiger partial charge < -0.3 is 10.0 Å². The molecule has 1 heterocycles. The van der Waals surface area contributed by atoms with Gasteiger partial charge in [0, 0.05) is 19.7 Å². The fraction of sp³-hybridized carbons (Fsp3) is 0.200. The third-order valence-electron chi connectivity index (χ3n) is 2.95. The zero-order chi connectivity index (χ0) is 14.0. The van der Waals surface area contributed by atoms with E-state index in [-0.39, 0.29) is 5.56 Å². The molecule has 0 atom stereocenters. The predicted molar refractivity (Wildman–Crippen MR) is 75.7 cm³/mol. The van der Waals surface area contributed by atoms with E-state index in [1.807, 2.05) is 31.2 Å². The summed E-state index contributed by atoms with van der Waals surface area (Å²) in [5, 5.41) is 9.16. The molecule has 0 aliphatic carbocycles. The molecule has 0 fully saturated rings. The van der Waals surface area contributed by atoms with Gasteiger partial charge in [0.05, 0.1) is 5.69 Å². The Morgan fingerprint density at radius 2 is 1.84 bits per heavy atom. The maximum Gasteiger partial charge on any atom is 0.339 e. The zero-order valence-corrected chi connectivity index (χ0v) is 11.2. The van der Waals surface area contributed by atoms with Crippen molar-refractivity contribution in [3.63, 3.8) is 0 Å². The molecule has 98 valence electrons. The number of carboxylic acid groups (broad SMARTS) is 1. The molecule has 4 heteroatoms. The minimum absolute atomic E-state index is 0.210. The number of benzene rings is 1. The van der Waals surface area contributed by atoms with Gasteiger partial charge in [0.1, 0.15) is 11.4 Å². The number of aryl methyl sites for hydroxylation is 1. The summed E-state index contributed by atoms with van der Waals surface area (Å²) in [6, 6.07) is 11.3. The molecule has 0 unspecified atom stereocenters. The molecule has 1 N–H and O–H groups in total. The van der Waals surface area contributed by atoms with Crippen molar-refractivity contribution < 1.29 is 9.90 Å². The second-order valence-electron chi connectivity index (χ2n) is 4.58. The van der Waals surface area contributed by atoms with Crippen molar-refractivity contribution in [3.8, 4) is 11.3 Å². The number of rotatable bonds is 3. The Bertz CT molecular complexity index is 621. The summed E-state index contributed by atoms with van der Waals surface area (Å²) in [4.78, 5) is 17.4. The van der Waals surface area contributed by atoms with E-state index in [0.29, 0.717) is 5.82 Å². The van der Waals surface area contributed by atoms with Crippen molar-refractivity contribution in [3.05, 3.63) is 47.5 Å². The molecule has 2 aromatic rings. The molecule has 0 aliphatic rings. The number of hydrogen-bond donors (Lipinski definition) is 1. The number of aromatic carboxylic acids is 1. The van der Waals surface area contributed by atoms with Crippen LogP contribution in [0.15, 0.2) is 36.4 Å². The van der Waals surface area contributed by atoms with Crippen molar-refractivity contribution in [1.82, 2.24) is 4.98 Å². The summed E-state index contributed by atoms with van der Waals surface area (Å²) in [6.45, 7) is 2.01. The van der Waals surface area contributed by atoms with E-state index >= 15 is 0 Å². The number of anilines is 1. The van der Waals surface area contributed by atoms with Crippen molar-refractivity contribution in [1.29, 1.82) is 0 Å². The largest absolute Gasteiger partial charge is 0.478 e. The van der Waals surface area contributed by atoms with Gasteiger partial charge in [0.2, 0.25) is 0 Å². The van der Waals surface area contributed by atoms with Crippen LogP contribution in [0.2, 0.25) is 0 Å². The van der Waals surface area contributed by atoms with Gasteiger partial charge in [-0.05, 0) is 24.6 Å². The average Bonchev–Trinajstić information content (AvgIpc) is 2.38. The SMILES string of the molecule is Cc1ccccc1-c1ccc(C(=O)O)c(N(C)C)n1. The van der Waals surface area contributed by atoms with Gasteiger partial charge in [-0.2, -0.15) is 0 Å². The molecule has 0 saturated carbocycles. The Morgan fingerprint density at radius 1 is 1.16 bits per heavy atom. The predicted octanol–water partition coefficient (Wildman–Crippen LogP) is 2.82. The molecule has 0 spiro atoms. The molecule has 1 aromatic heterocycles. The first kappa shape index (κ1) is 13.1. The van der Waals surface area contributed by atoms with E-state index < -0.39 is 5.97 Å². The number of carboxylic acids is 1. The molecular weight excluding hydrogens is 240 g/mol. The number of aromatic nitrogens is 1. The van der Waals surface area contributed by atoms with Crippen LogP contribution in [-0.2, 0) is 0 Å². The van der Waals surface area contributed by atoms with Gasteiger partial charge in [-0.1, -0.05) is 24.3 Å². The highest BCUT2D eigenvalue weighted by Gasteiger charge is 2.15. The summed E-state index contributed by atoms with van der Waals surface area (Å²) < 4.78 is 0. The van der Waals surface area contributed by atoms with Crippen LogP contribution in [0.4, 0.5) is 5.82 Å². The van der Waals surface area contributed by atoms with E-state index in [9.17, 15) is 4.79 Å². The quantitative estimate of drug-likeness (QED) is 0.917. The molecule has 0 aliphatic heterocycles. The van der Waals surface area contributed by atoms with E-state index in [2.05, 4.69) is 4.98 Å². The second kappa shape index (κ2) is 5.10. The summed E-state index contributed by atoms with van der Waals surface area (Å²) in [5.41, 5.74) is 3.12. The van der Waals surface area contributed by atoms with Crippen LogP contribution in [-0.4, -0.2) is 30.2 Å². The third kappa shape index (κ3) is 2.57. The van der Waals surface area contributed by atoms with E-state index in [4.69, 9.17) is 5.11 Å². The molecule has 1 aromatic carbocycles. The first-order valence-corrected chi connectivity index (χ1v) is 5.98. The smallest absolute Gasteiger partial charge is 0.339 e. The first-order valence-electron chi connectivity index (χ1n) is 5.98. The third-order valence-corrected chi connectivity index (χ3v) is 2.95. The molecule has 0 saturated heterocycles. The molecule has 0 amide bonds. The van der Waals surface area contributed by atoms with E-state index in [0.717, 1.165) is 16.8 Å². The van der Waals surface area contributed by atoms with Gasteiger partial charge in [-0.25, -0.2) is 9.78 Å². The minimum atomic E-state index is -0.965. The van der Waals surface area contributed by atoms with Gasteiger partial charge in [0.25, 0.3) is 0 Å². The molecule has 4 nitrogen and oxygen atoms in total. The maximum atomic E-state index is 11.2. The first-order chi connectivity index (χ1) is 9.00. The topological polar surface area (TPSA) is 53.4 Å². The number of hydrogen-bond acceptors (Lipinski definition) is 3. The van der Waals surface area contributed by atoms with Crippen LogP contribution >= 0.6 is 0 Å². The number of carbonyl (C=O) groups is 1. The Kier molecular flexibility index (Phi) is 3.51. The van der Waals surface area contributed by atoms with E-state index in [1.165, 1.54) is 0 Å². The summed E-state index contributed by atoms with van der Waals surface area (Å²) in [6.07, 6.45) is 0. The Hall–Kier alpha value is -2.36. The van der Waals surface area contributed by atoms with Crippen LogP contribution in [0.25, 0.3) is 11.3 Å². The highest BCUT2D eigenvalue weighted by atomic mass is 16.4. The second-order valence-corrected chi connectivity index (χ2v) is 4.58. The maximum absolute atomic E-state index is 11.2. The van der Waals surface area contributed by atoms with Gasteiger partial charge in [-0.3, -0.25) is 0 Å². The van der Waals surface area contributed by atoms with Crippen LogP contribution in [0.5, 0.6) is 0 Å². The van der Waals surface area contributed by atoms with Crippen LogP contribution in [0.3, 0.4) is 0 Å². The number of pyridine rings is 1. The lowest BCUT2D eigenvalue weighted by atomic mass is 10.0. The lowest BCUT2D eigenvalue weighted by Gasteiger charge is -2.16. The fourth-order valence-electron chi connectivity index (χ4n) is 1.97. The fourth-order valence-corrected chi connectivity index (χ4v) is 1.97. The lowest BCUT2D eigenvalue weighted by Crippen LogP contribution is -2.16. The van der Waals surface area contributed by atoms with E-state index in [1.54, 1.807) is 31.1 Å². The van der Waals surface area contributed by atoms with Gasteiger partial charge in [-0.15, -0.1) is 0 Å². The molecule has 2 rings (SSSR count). The van der Waals surface area contributed by atoms with Crippen molar-refractivity contribution in [2.45, 2.75) is 6.92 Å². The minimum Gasteiger partial charge on any atom is -0.478 e. The van der Waals surface area contributed by atoms with Crippen molar-refractivity contribution >= 4 is 11.8 Å². The lowest BCUT2D eigenvalue weighted by molar-refractivity contribution is 0.0697. The molecule has 19 heavy (non-hydrogen) atoms. The molecule has 0 bridgehead atoms. The van der Waals surface area contributed by atoms with Crippen LogP contribution in [0, 0.1) is 6.92 Å². The van der Waals surface area contributed by atoms with Crippen molar-refractivity contribution in [2.75, 3.05) is 19.0 Å². The molecular formula is C15H16N2O2. The van der Waals surface area contributed by atoms with Crippen molar-refractivity contribution in [2.24, 2.45) is 0 Å². The summed E-state index contributed by atoms with van der Waals surface area (Å²) in [5.74, 6) is -0.499. The van der Waals surface area contributed by atoms with Gasteiger partial charge >= 0.3 is 5.97 Å². The Balaban J connectivity index is 2.59. The normalized spacial score (nSPS) is 10.3. The average molecular weight is 256 g/mol. The standard InChI is InChI=1S/C15H16N2O2/c1-10-6-4-5-7-11(10)13-9-8-12(15(18)19)14(16-13)17(2)3/h4-9H,1-3H3,(H,18,19). The van der Waals surface area contributed by atoms with Gasteiger partial charge in [0.15, 0.2) is 0 Å². The Labute approximate surface area is 112 Å². The summed E-state index contributed by atoms with van der Waals surface area (Å²) >= 11 is 0. The molecule has 0 radical (unpaired) electrons. The zero-order valence-electron chi connectivity index (χ0n) is 11.2. The highest BCUT2D eigenvalue weighted by molar-refractivity contribution is 5.94. The van der Waals surface area contributed by atoms with Crippen LogP contribution < -0.4 is 4.90 Å². The van der Waals surface area contributed by atoms with Crippen LogP contribution in [0.1, 0.15) is 15.9 Å². The number of nitrogens with zero attached hydrogens (tertiary/aromatic N) is 2. The monoisotopic (exact) mass is 256 g/mol.